The van der Waals surface area contributed by atoms with E-state index in [-0.39, 0.29) is 5.78 Å². The van der Waals surface area contributed by atoms with Crippen molar-refractivity contribution in [2.45, 2.75) is 13.8 Å². The summed E-state index contributed by atoms with van der Waals surface area (Å²) in [5.41, 5.74) is 4.02. The van der Waals surface area contributed by atoms with Crippen LogP contribution in [0, 0.1) is 6.92 Å². The molecule has 0 unspecified atom stereocenters. The van der Waals surface area contributed by atoms with Crippen LogP contribution in [0.3, 0.4) is 0 Å². The Morgan fingerprint density at radius 1 is 1.13 bits per heavy atom. The predicted molar refractivity (Wildman–Crippen MR) is 61.0 cm³/mol. The van der Waals surface area contributed by atoms with Gasteiger partial charge in [-0.15, -0.1) is 0 Å². The van der Waals surface area contributed by atoms with Crippen molar-refractivity contribution in [1.29, 1.82) is 0 Å². The van der Waals surface area contributed by atoms with E-state index in [0.717, 1.165) is 16.7 Å². The Kier molecular flexibility index (Phi) is 2.42. The number of H-pyrrole nitrogens is 1. The Balaban J connectivity index is 2.49. The summed E-state index contributed by atoms with van der Waals surface area (Å²) in [6.07, 6.45) is 3.61. The first-order valence-corrected chi connectivity index (χ1v) is 4.93. The highest BCUT2D eigenvalue weighted by Gasteiger charge is 2.09. The first-order valence-electron chi connectivity index (χ1n) is 4.93. The van der Waals surface area contributed by atoms with Crippen molar-refractivity contribution in [3.05, 3.63) is 47.8 Å². The molecule has 0 spiro atoms. The molecular formula is C13H13NO. The van der Waals surface area contributed by atoms with Gasteiger partial charge in [-0.2, -0.15) is 0 Å². The largest absolute Gasteiger partial charge is 0.366 e. The average Bonchev–Trinajstić information content (AvgIpc) is 2.67. The van der Waals surface area contributed by atoms with E-state index in [2.05, 4.69) is 4.98 Å². The molecule has 0 radical (unpaired) electrons. The van der Waals surface area contributed by atoms with Gasteiger partial charge in [0.1, 0.15) is 0 Å². The summed E-state index contributed by atoms with van der Waals surface area (Å²) in [6.45, 7) is 3.63. The first-order chi connectivity index (χ1) is 7.18. The van der Waals surface area contributed by atoms with Crippen LogP contribution in [0.4, 0.5) is 0 Å². The lowest BCUT2D eigenvalue weighted by molar-refractivity contribution is 0.101. The van der Waals surface area contributed by atoms with Crippen LogP contribution in [-0.2, 0) is 0 Å². The van der Waals surface area contributed by atoms with Crippen molar-refractivity contribution in [3.63, 3.8) is 0 Å². The minimum absolute atomic E-state index is 0.0897. The third-order valence-electron chi connectivity index (χ3n) is 2.49. The Morgan fingerprint density at radius 2 is 1.80 bits per heavy atom. The molecule has 0 aliphatic heterocycles. The van der Waals surface area contributed by atoms with Gasteiger partial charge in [0.2, 0.25) is 0 Å². The SMILES string of the molecule is CC(=O)c1c[nH]cc1-c1ccc(C)cc1. The summed E-state index contributed by atoms with van der Waals surface area (Å²) in [5.74, 6) is 0.0897. The summed E-state index contributed by atoms with van der Waals surface area (Å²) < 4.78 is 0. The molecule has 2 heteroatoms. The molecule has 76 valence electrons. The van der Waals surface area contributed by atoms with Gasteiger partial charge in [-0.3, -0.25) is 4.79 Å². The van der Waals surface area contributed by atoms with Crippen LogP contribution in [0.2, 0.25) is 0 Å². The maximum absolute atomic E-state index is 11.3. The number of Topliss-reactive ketones (excluding diaryl/α,β-unsaturated/α-hetero) is 1. The standard InChI is InChI=1S/C13H13NO/c1-9-3-5-11(6-4-9)13-8-14-7-12(13)10(2)15/h3-8,14H,1-2H3. The topological polar surface area (TPSA) is 32.9 Å². The lowest BCUT2D eigenvalue weighted by atomic mass is 10.0. The van der Waals surface area contributed by atoms with E-state index in [4.69, 9.17) is 0 Å². The summed E-state index contributed by atoms with van der Waals surface area (Å²) in [7, 11) is 0. The van der Waals surface area contributed by atoms with E-state index in [0.29, 0.717) is 0 Å². The average molecular weight is 199 g/mol. The van der Waals surface area contributed by atoms with Crippen LogP contribution in [0.25, 0.3) is 11.1 Å². The van der Waals surface area contributed by atoms with Crippen LogP contribution in [0.5, 0.6) is 0 Å². The molecular weight excluding hydrogens is 186 g/mol. The molecule has 1 aromatic carbocycles. The number of hydrogen-bond donors (Lipinski definition) is 1. The van der Waals surface area contributed by atoms with E-state index >= 15 is 0 Å². The molecule has 0 amide bonds. The van der Waals surface area contributed by atoms with Gasteiger partial charge < -0.3 is 4.98 Å². The number of aryl methyl sites for hydroxylation is 1. The molecule has 2 aromatic rings. The second-order valence-corrected chi connectivity index (χ2v) is 3.70. The van der Waals surface area contributed by atoms with Gasteiger partial charge in [0.25, 0.3) is 0 Å². The number of carbonyl (C=O) groups is 1. The third kappa shape index (κ3) is 1.84. The number of carbonyl (C=O) groups excluding carboxylic acids is 1. The zero-order valence-corrected chi connectivity index (χ0v) is 8.87. The van der Waals surface area contributed by atoms with Gasteiger partial charge >= 0.3 is 0 Å². The summed E-state index contributed by atoms with van der Waals surface area (Å²) in [4.78, 5) is 14.3. The minimum atomic E-state index is 0.0897. The van der Waals surface area contributed by atoms with Crippen molar-refractivity contribution in [2.75, 3.05) is 0 Å². The molecule has 15 heavy (non-hydrogen) atoms. The molecule has 0 aliphatic carbocycles. The van der Waals surface area contributed by atoms with Gasteiger partial charge in [-0.1, -0.05) is 29.8 Å². The number of hydrogen-bond acceptors (Lipinski definition) is 1. The Morgan fingerprint density at radius 3 is 2.40 bits per heavy atom. The van der Waals surface area contributed by atoms with Crippen LogP contribution in [0.1, 0.15) is 22.8 Å². The Bertz CT molecular complexity index is 479. The van der Waals surface area contributed by atoms with Crippen LogP contribution >= 0.6 is 0 Å². The quantitative estimate of drug-likeness (QED) is 0.740. The highest BCUT2D eigenvalue weighted by molar-refractivity contribution is 6.00. The fourth-order valence-corrected chi connectivity index (χ4v) is 1.63. The molecule has 2 rings (SSSR count). The second kappa shape index (κ2) is 3.73. The molecule has 0 fully saturated rings. The first kappa shape index (κ1) is 9.71. The predicted octanol–water partition coefficient (Wildman–Crippen LogP) is 3.19. The second-order valence-electron chi connectivity index (χ2n) is 3.70. The number of ketones is 1. The zero-order valence-electron chi connectivity index (χ0n) is 8.87. The lowest BCUT2D eigenvalue weighted by Crippen LogP contribution is -1.91. The molecule has 0 saturated heterocycles. The van der Waals surface area contributed by atoms with Gasteiger partial charge in [0.15, 0.2) is 5.78 Å². The van der Waals surface area contributed by atoms with Crippen LogP contribution < -0.4 is 0 Å². The number of aromatic nitrogens is 1. The molecule has 0 saturated carbocycles. The van der Waals surface area contributed by atoms with Crippen molar-refractivity contribution in [3.8, 4) is 11.1 Å². The third-order valence-corrected chi connectivity index (χ3v) is 2.49. The van der Waals surface area contributed by atoms with Gasteiger partial charge in [0.05, 0.1) is 0 Å². The number of benzene rings is 1. The molecule has 0 atom stereocenters. The Labute approximate surface area is 89.0 Å². The molecule has 1 aromatic heterocycles. The molecule has 1 N–H and O–H groups in total. The van der Waals surface area contributed by atoms with Gasteiger partial charge in [-0.25, -0.2) is 0 Å². The fraction of sp³-hybridized carbons (Fsp3) is 0.154. The highest BCUT2D eigenvalue weighted by Crippen LogP contribution is 2.23. The molecule has 2 nitrogen and oxygen atoms in total. The van der Waals surface area contributed by atoms with E-state index in [1.807, 2.05) is 37.4 Å². The maximum Gasteiger partial charge on any atom is 0.161 e. The van der Waals surface area contributed by atoms with Crippen molar-refractivity contribution in [2.24, 2.45) is 0 Å². The van der Waals surface area contributed by atoms with Gasteiger partial charge in [0, 0.05) is 23.5 Å². The van der Waals surface area contributed by atoms with Crippen LogP contribution in [0.15, 0.2) is 36.7 Å². The van der Waals surface area contributed by atoms with E-state index in [1.165, 1.54) is 5.56 Å². The molecule has 1 heterocycles. The highest BCUT2D eigenvalue weighted by atomic mass is 16.1. The van der Waals surface area contributed by atoms with Crippen molar-refractivity contribution < 1.29 is 4.79 Å². The monoisotopic (exact) mass is 199 g/mol. The summed E-state index contributed by atoms with van der Waals surface area (Å²) in [6, 6.07) is 8.16. The number of rotatable bonds is 2. The normalized spacial score (nSPS) is 10.3. The molecule has 0 aliphatic rings. The van der Waals surface area contributed by atoms with Crippen LogP contribution in [-0.4, -0.2) is 10.8 Å². The summed E-state index contributed by atoms with van der Waals surface area (Å²) in [5, 5.41) is 0. The minimum Gasteiger partial charge on any atom is -0.366 e. The van der Waals surface area contributed by atoms with Crippen molar-refractivity contribution >= 4 is 5.78 Å². The smallest absolute Gasteiger partial charge is 0.161 e. The zero-order chi connectivity index (χ0) is 10.8. The maximum atomic E-state index is 11.3. The van der Waals surface area contributed by atoms with E-state index < -0.39 is 0 Å². The van der Waals surface area contributed by atoms with Crippen molar-refractivity contribution in [1.82, 2.24) is 4.98 Å². The van der Waals surface area contributed by atoms with E-state index in [1.54, 1.807) is 13.1 Å². The number of aromatic amines is 1. The Hall–Kier alpha value is -1.83. The molecule has 0 bridgehead atoms. The summed E-state index contributed by atoms with van der Waals surface area (Å²) >= 11 is 0. The van der Waals surface area contributed by atoms with Gasteiger partial charge in [-0.05, 0) is 19.4 Å². The lowest BCUT2D eigenvalue weighted by Gasteiger charge is -2.01. The number of nitrogens with one attached hydrogen (secondary N) is 1. The fourth-order valence-electron chi connectivity index (χ4n) is 1.63. The van der Waals surface area contributed by atoms with E-state index in [9.17, 15) is 4.79 Å².